The Balaban J connectivity index is 1.64. The Morgan fingerprint density at radius 2 is 1.85 bits per heavy atom. The third kappa shape index (κ3) is 5.12. The predicted octanol–water partition coefficient (Wildman–Crippen LogP) is 1.94. The second-order valence-electron chi connectivity index (χ2n) is 5.31. The van der Waals surface area contributed by atoms with E-state index in [1.807, 2.05) is 29.3 Å². The fourth-order valence-corrected chi connectivity index (χ4v) is 2.38. The minimum Gasteiger partial charge on any atom is -0.304 e. The maximum atomic E-state index is 11.8. The van der Waals surface area contributed by atoms with Crippen molar-refractivity contribution in [3.63, 3.8) is 0 Å². The zero-order chi connectivity index (χ0) is 14.4. The first-order chi connectivity index (χ1) is 9.63. The normalized spacial score (nSPS) is 17.1. The summed E-state index contributed by atoms with van der Waals surface area (Å²) >= 11 is 5.84. The summed E-state index contributed by atoms with van der Waals surface area (Å²) in [4.78, 5) is 14.1. The van der Waals surface area contributed by atoms with E-state index in [2.05, 4.69) is 17.4 Å². The molecule has 0 spiro atoms. The number of halogens is 1. The van der Waals surface area contributed by atoms with Crippen LogP contribution in [0.1, 0.15) is 18.4 Å². The van der Waals surface area contributed by atoms with E-state index in [1.54, 1.807) is 0 Å². The Morgan fingerprint density at radius 3 is 2.50 bits per heavy atom. The highest BCUT2D eigenvalue weighted by Gasteiger charge is 2.15. The fraction of sp³-hybridized carbons (Fsp3) is 0.533. The minimum absolute atomic E-state index is 0.114. The molecule has 1 fully saturated rings. The molecule has 110 valence electrons. The second-order valence-corrected chi connectivity index (χ2v) is 5.74. The summed E-state index contributed by atoms with van der Waals surface area (Å²) in [7, 11) is 2.10. The number of hydrogen-bond donors (Lipinski definition) is 1. The van der Waals surface area contributed by atoms with Gasteiger partial charge in [0.1, 0.15) is 0 Å². The number of hydrazine groups is 1. The molecule has 0 saturated carbocycles. The number of carbonyl (C=O) groups is 1. The summed E-state index contributed by atoms with van der Waals surface area (Å²) in [5.41, 5.74) is 4.21. The van der Waals surface area contributed by atoms with Gasteiger partial charge in [-0.3, -0.25) is 10.2 Å². The van der Waals surface area contributed by atoms with E-state index in [0.717, 1.165) is 44.0 Å². The molecule has 0 atom stereocenters. The molecule has 1 aliphatic rings. The monoisotopic (exact) mass is 295 g/mol. The lowest BCUT2D eigenvalue weighted by Crippen LogP contribution is -2.52. The van der Waals surface area contributed by atoms with Crippen LogP contribution in [0.4, 0.5) is 0 Å². The molecule has 5 heteroatoms. The molecule has 0 bridgehead atoms. The van der Waals surface area contributed by atoms with Crippen LogP contribution in [0.15, 0.2) is 24.3 Å². The molecule has 1 heterocycles. The number of hydrogen-bond acceptors (Lipinski definition) is 3. The second kappa shape index (κ2) is 7.62. The fourth-order valence-electron chi connectivity index (χ4n) is 2.25. The number of benzene rings is 1. The lowest BCUT2D eigenvalue weighted by Gasteiger charge is -2.32. The molecule has 0 radical (unpaired) electrons. The van der Waals surface area contributed by atoms with Crippen molar-refractivity contribution in [2.75, 3.05) is 33.2 Å². The van der Waals surface area contributed by atoms with Crippen molar-refractivity contribution in [2.24, 2.45) is 0 Å². The third-order valence-electron chi connectivity index (χ3n) is 3.57. The average molecular weight is 296 g/mol. The van der Waals surface area contributed by atoms with Gasteiger partial charge in [-0.25, -0.2) is 5.01 Å². The number of likely N-dealkylation sites (N-methyl/N-ethyl adjacent to an activating group) is 1. The molecular formula is C15H22ClN3O. The first-order valence-electron chi connectivity index (χ1n) is 7.11. The van der Waals surface area contributed by atoms with Crippen molar-refractivity contribution in [2.45, 2.75) is 19.3 Å². The smallest absolute Gasteiger partial charge is 0.234 e. The van der Waals surface area contributed by atoms with E-state index in [1.165, 1.54) is 5.56 Å². The Bertz CT molecular complexity index is 427. The van der Waals surface area contributed by atoms with Crippen molar-refractivity contribution in [3.05, 3.63) is 34.9 Å². The van der Waals surface area contributed by atoms with E-state index in [-0.39, 0.29) is 5.91 Å². The van der Waals surface area contributed by atoms with Crippen molar-refractivity contribution >= 4 is 17.5 Å². The Labute approximate surface area is 125 Å². The lowest BCUT2D eigenvalue weighted by molar-refractivity contribution is -0.126. The summed E-state index contributed by atoms with van der Waals surface area (Å²) in [6.07, 6.45) is 2.34. The third-order valence-corrected chi connectivity index (χ3v) is 3.82. The van der Waals surface area contributed by atoms with Gasteiger partial charge in [-0.15, -0.1) is 0 Å². The molecule has 1 saturated heterocycles. The molecule has 1 aromatic rings. The molecule has 20 heavy (non-hydrogen) atoms. The van der Waals surface area contributed by atoms with Crippen molar-refractivity contribution < 1.29 is 4.79 Å². The van der Waals surface area contributed by atoms with E-state index in [0.29, 0.717) is 6.42 Å². The van der Waals surface area contributed by atoms with Gasteiger partial charge in [0.2, 0.25) is 5.91 Å². The SMILES string of the molecule is CN1CCN(NC(=O)CCCc2ccc(Cl)cc2)CC1. The van der Waals surface area contributed by atoms with Crippen molar-refractivity contribution in [1.82, 2.24) is 15.3 Å². The molecule has 1 N–H and O–H groups in total. The van der Waals surface area contributed by atoms with Crippen LogP contribution < -0.4 is 5.43 Å². The first-order valence-corrected chi connectivity index (χ1v) is 7.49. The van der Waals surface area contributed by atoms with Gasteiger partial charge in [-0.05, 0) is 37.6 Å². The van der Waals surface area contributed by atoms with Crippen LogP contribution >= 0.6 is 11.6 Å². The molecule has 1 aliphatic heterocycles. The van der Waals surface area contributed by atoms with Gasteiger partial charge in [0.05, 0.1) is 0 Å². The number of nitrogens with one attached hydrogen (secondary N) is 1. The van der Waals surface area contributed by atoms with Gasteiger partial charge < -0.3 is 4.90 Å². The largest absolute Gasteiger partial charge is 0.304 e. The van der Waals surface area contributed by atoms with Crippen LogP contribution in [0.25, 0.3) is 0 Å². The van der Waals surface area contributed by atoms with E-state index in [4.69, 9.17) is 11.6 Å². The summed E-state index contributed by atoms with van der Waals surface area (Å²) in [5, 5.41) is 2.77. The maximum Gasteiger partial charge on any atom is 0.234 e. The molecule has 1 amide bonds. The van der Waals surface area contributed by atoms with Crippen LogP contribution in [-0.2, 0) is 11.2 Å². The summed E-state index contributed by atoms with van der Waals surface area (Å²) in [6, 6.07) is 7.81. The van der Waals surface area contributed by atoms with Crippen LogP contribution in [0.3, 0.4) is 0 Å². The predicted molar refractivity (Wildman–Crippen MR) is 81.6 cm³/mol. The van der Waals surface area contributed by atoms with Crippen LogP contribution in [0, 0.1) is 0 Å². The maximum absolute atomic E-state index is 11.8. The van der Waals surface area contributed by atoms with Gasteiger partial charge in [0.15, 0.2) is 0 Å². The Hall–Kier alpha value is -1.10. The van der Waals surface area contributed by atoms with Crippen LogP contribution in [-0.4, -0.2) is 49.0 Å². The minimum atomic E-state index is 0.114. The highest BCUT2D eigenvalue weighted by molar-refractivity contribution is 6.30. The number of aryl methyl sites for hydroxylation is 1. The summed E-state index contributed by atoms with van der Waals surface area (Å²) in [6.45, 7) is 3.81. The number of piperazine rings is 1. The first kappa shape index (κ1) is 15.3. The van der Waals surface area contributed by atoms with Gasteiger partial charge in [0, 0.05) is 37.6 Å². The van der Waals surface area contributed by atoms with Crippen molar-refractivity contribution in [3.8, 4) is 0 Å². The summed E-state index contributed by atoms with van der Waals surface area (Å²) in [5.74, 6) is 0.114. The molecule has 0 aliphatic carbocycles. The molecular weight excluding hydrogens is 274 g/mol. The van der Waals surface area contributed by atoms with Crippen LogP contribution in [0.2, 0.25) is 5.02 Å². The molecule has 0 aromatic heterocycles. The van der Waals surface area contributed by atoms with E-state index in [9.17, 15) is 4.79 Å². The highest BCUT2D eigenvalue weighted by atomic mass is 35.5. The molecule has 0 unspecified atom stereocenters. The van der Waals surface area contributed by atoms with Gasteiger partial charge >= 0.3 is 0 Å². The van der Waals surface area contributed by atoms with Crippen molar-refractivity contribution in [1.29, 1.82) is 0 Å². The zero-order valence-electron chi connectivity index (χ0n) is 11.9. The zero-order valence-corrected chi connectivity index (χ0v) is 12.7. The van der Waals surface area contributed by atoms with Gasteiger partial charge in [-0.1, -0.05) is 23.7 Å². The Kier molecular flexibility index (Phi) is 5.83. The number of carbonyl (C=O) groups excluding carboxylic acids is 1. The van der Waals surface area contributed by atoms with Gasteiger partial charge in [-0.2, -0.15) is 0 Å². The number of amides is 1. The average Bonchev–Trinajstić information content (AvgIpc) is 2.44. The summed E-state index contributed by atoms with van der Waals surface area (Å²) < 4.78 is 0. The van der Waals surface area contributed by atoms with Crippen LogP contribution in [0.5, 0.6) is 0 Å². The standard InChI is InChI=1S/C15H22ClN3O/c1-18-9-11-19(12-10-18)17-15(20)4-2-3-13-5-7-14(16)8-6-13/h5-8H,2-4,9-12H2,1H3,(H,17,20). The lowest BCUT2D eigenvalue weighted by atomic mass is 10.1. The number of nitrogens with zero attached hydrogens (tertiary/aromatic N) is 2. The molecule has 4 nitrogen and oxygen atoms in total. The Morgan fingerprint density at radius 1 is 1.20 bits per heavy atom. The van der Waals surface area contributed by atoms with Gasteiger partial charge in [0.25, 0.3) is 0 Å². The molecule has 1 aromatic carbocycles. The quantitative estimate of drug-likeness (QED) is 0.902. The van der Waals surface area contributed by atoms with E-state index >= 15 is 0 Å². The number of rotatable bonds is 5. The van der Waals surface area contributed by atoms with E-state index < -0.39 is 0 Å². The molecule has 2 rings (SSSR count). The highest BCUT2D eigenvalue weighted by Crippen LogP contribution is 2.11. The topological polar surface area (TPSA) is 35.6 Å².